The van der Waals surface area contributed by atoms with Gasteiger partial charge in [-0.1, -0.05) is 13.0 Å². The molecule has 92 valence electrons. The van der Waals surface area contributed by atoms with Crippen LogP contribution in [0.1, 0.15) is 24.9 Å². The highest BCUT2D eigenvalue weighted by Crippen LogP contribution is 2.29. The van der Waals surface area contributed by atoms with Gasteiger partial charge in [-0.3, -0.25) is 0 Å². The Kier molecular flexibility index (Phi) is 6.18. The van der Waals surface area contributed by atoms with Gasteiger partial charge in [0.15, 0.2) is 11.5 Å². The van der Waals surface area contributed by atoms with Crippen molar-refractivity contribution in [1.82, 2.24) is 0 Å². The van der Waals surface area contributed by atoms with E-state index in [1.165, 1.54) is 13.2 Å². The summed E-state index contributed by atoms with van der Waals surface area (Å²) in [6, 6.07) is 4.41. The molecular formula is C11H18ClNO3. The van der Waals surface area contributed by atoms with Crippen LogP contribution in [-0.2, 0) is 0 Å². The molecule has 5 heteroatoms. The molecule has 0 radical (unpaired) electrons. The molecule has 0 aromatic heterocycles. The number of benzene rings is 1. The molecule has 16 heavy (non-hydrogen) atoms. The minimum absolute atomic E-state index is 0. The minimum atomic E-state index is -0.599. The van der Waals surface area contributed by atoms with Gasteiger partial charge in [0.2, 0.25) is 0 Å². The van der Waals surface area contributed by atoms with Gasteiger partial charge in [-0.25, -0.2) is 0 Å². The fourth-order valence-corrected chi connectivity index (χ4v) is 1.39. The molecule has 1 aromatic rings. The molecule has 0 saturated carbocycles. The number of nitrogens with two attached hydrogens (primary N) is 1. The van der Waals surface area contributed by atoms with Gasteiger partial charge in [0.1, 0.15) is 0 Å². The largest absolute Gasteiger partial charge is 0.504 e. The van der Waals surface area contributed by atoms with Gasteiger partial charge in [0.05, 0.1) is 19.3 Å². The number of halogens is 1. The summed E-state index contributed by atoms with van der Waals surface area (Å²) >= 11 is 0. The predicted molar refractivity (Wildman–Crippen MR) is 65.1 cm³/mol. The van der Waals surface area contributed by atoms with Crippen LogP contribution in [0.2, 0.25) is 0 Å². The Hall–Kier alpha value is -0.970. The Morgan fingerprint density at radius 3 is 2.50 bits per heavy atom. The number of aliphatic hydroxyl groups is 1. The van der Waals surface area contributed by atoms with Crippen molar-refractivity contribution < 1.29 is 14.9 Å². The molecule has 4 N–H and O–H groups in total. The zero-order valence-electron chi connectivity index (χ0n) is 9.38. The summed E-state index contributed by atoms with van der Waals surface area (Å²) < 4.78 is 4.91. The zero-order chi connectivity index (χ0) is 11.4. The molecule has 2 atom stereocenters. The van der Waals surface area contributed by atoms with Crippen LogP contribution in [0, 0.1) is 0 Å². The Bertz CT molecular complexity index is 333. The molecule has 0 aliphatic carbocycles. The van der Waals surface area contributed by atoms with Crippen LogP contribution in [0.25, 0.3) is 0 Å². The minimum Gasteiger partial charge on any atom is -0.504 e. The number of phenolic OH excluding ortho intramolecular Hbond substituents is 1. The molecule has 0 unspecified atom stereocenters. The molecule has 0 saturated heterocycles. The van der Waals surface area contributed by atoms with Crippen LogP contribution in [0.5, 0.6) is 11.5 Å². The summed E-state index contributed by atoms with van der Waals surface area (Å²) in [6.07, 6.45) is -0.0219. The molecular weight excluding hydrogens is 230 g/mol. The lowest BCUT2D eigenvalue weighted by Gasteiger charge is -2.18. The summed E-state index contributed by atoms with van der Waals surface area (Å²) in [5.74, 6) is 0.436. The van der Waals surface area contributed by atoms with E-state index in [9.17, 15) is 10.2 Å². The van der Waals surface area contributed by atoms with E-state index in [0.717, 1.165) is 0 Å². The molecule has 0 spiro atoms. The number of aromatic hydroxyl groups is 1. The molecule has 0 heterocycles. The predicted octanol–water partition coefficient (Wildman–Crippen LogP) is 1.59. The molecule has 0 aliphatic heterocycles. The third kappa shape index (κ3) is 3.27. The van der Waals surface area contributed by atoms with Crippen molar-refractivity contribution in [2.75, 3.05) is 7.11 Å². The lowest BCUT2D eigenvalue weighted by atomic mass is 10.0. The molecule has 0 bridgehead atoms. The SMILES string of the molecule is CC[C@@H](O)[C@@H](N)c1ccc(OC)c(O)c1.Cl. The molecule has 4 nitrogen and oxygen atoms in total. The maximum Gasteiger partial charge on any atom is 0.160 e. The van der Waals surface area contributed by atoms with E-state index in [-0.39, 0.29) is 18.2 Å². The van der Waals surface area contributed by atoms with Crippen molar-refractivity contribution in [2.24, 2.45) is 5.73 Å². The number of aliphatic hydroxyl groups excluding tert-OH is 1. The van der Waals surface area contributed by atoms with Crippen molar-refractivity contribution >= 4 is 12.4 Å². The monoisotopic (exact) mass is 247 g/mol. The first-order chi connectivity index (χ1) is 7.10. The van der Waals surface area contributed by atoms with E-state index < -0.39 is 12.1 Å². The topological polar surface area (TPSA) is 75.7 Å². The first kappa shape index (κ1) is 15.0. The van der Waals surface area contributed by atoms with Gasteiger partial charge in [0, 0.05) is 0 Å². The lowest BCUT2D eigenvalue weighted by Crippen LogP contribution is -2.25. The number of phenols is 1. The van der Waals surface area contributed by atoms with Crippen LogP contribution in [0.15, 0.2) is 18.2 Å². The van der Waals surface area contributed by atoms with Gasteiger partial charge < -0.3 is 20.7 Å². The zero-order valence-corrected chi connectivity index (χ0v) is 10.2. The Labute approximate surface area is 101 Å². The average Bonchev–Trinajstić information content (AvgIpc) is 2.26. The summed E-state index contributed by atoms with van der Waals surface area (Å²) in [4.78, 5) is 0. The third-order valence-corrected chi connectivity index (χ3v) is 2.42. The lowest BCUT2D eigenvalue weighted by molar-refractivity contribution is 0.140. The van der Waals surface area contributed by atoms with E-state index in [2.05, 4.69) is 0 Å². The van der Waals surface area contributed by atoms with Crippen LogP contribution >= 0.6 is 12.4 Å². The van der Waals surface area contributed by atoms with Crippen molar-refractivity contribution in [3.8, 4) is 11.5 Å². The Balaban J connectivity index is 0.00000225. The maximum absolute atomic E-state index is 9.56. The third-order valence-electron chi connectivity index (χ3n) is 2.42. The quantitative estimate of drug-likeness (QED) is 0.755. The van der Waals surface area contributed by atoms with Gasteiger partial charge in [0.25, 0.3) is 0 Å². The number of rotatable bonds is 4. The highest BCUT2D eigenvalue weighted by atomic mass is 35.5. The van der Waals surface area contributed by atoms with Gasteiger partial charge in [-0.15, -0.1) is 12.4 Å². The number of hydrogen-bond donors (Lipinski definition) is 3. The fraction of sp³-hybridized carbons (Fsp3) is 0.455. The summed E-state index contributed by atoms with van der Waals surface area (Å²) in [7, 11) is 1.48. The fourth-order valence-electron chi connectivity index (χ4n) is 1.39. The second kappa shape index (κ2) is 6.58. The maximum atomic E-state index is 9.56. The van der Waals surface area contributed by atoms with Crippen LogP contribution in [0.4, 0.5) is 0 Å². The molecule has 1 aromatic carbocycles. The Morgan fingerprint density at radius 2 is 2.06 bits per heavy atom. The van der Waals surface area contributed by atoms with Crippen LogP contribution in [-0.4, -0.2) is 23.4 Å². The average molecular weight is 248 g/mol. The molecule has 0 fully saturated rings. The van der Waals surface area contributed by atoms with Crippen molar-refractivity contribution in [2.45, 2.75) is 25.5 Å². The number of methoxy groups -OCH3 is 1. The number of hydrogen-bond acceptors (Lipinski definition) is 4. The smallest absolute Gasteiger partial charge is 0.160 e. The van der Waals surface area contributed by atoms with Crippen LogP contribution < -0.4 is 10.5 Å². The Morgan fingerprint density at radius 1 is 1.44 bits per heavy atom. The molecule has 1 rings (SSSR count). The summed E-state index contributed by atoms with van der Waals surface area (Å²) in [5, 5.41) is 19.1. The van der Waals surface area contributed by atoms with E-state index in [0.29, 0.717) is 17.7 Å². The second-order valence-electron chi connectivity index (χ2n) is 3.43. The normalized spacial score (nSPS) is 13.8. The van der Waals surface area contributed by atoms with Gasteiger partial charge in [-0.2, -0.15) is 0 Å². The van der Waals surface area contributed by atoms with E-state index >= 15 is 0 Å². The first-order valence-electron chi connectivity index (χ1n) is 4.90. The molecule has 0 aliphatic rings. The summed E-state index contributed by atoms with van der Waals surface area (Å²) in [5.41, 5.74) is 6.50. The van der Waals surface area contributed by atoms with Crippen molar-refractivity contribution in [3.05, 3.63) is 23.8 Å². The standard InChI is InChI=1S/C11H17NO3.ClH/c1-3-8(13)11(12)7-4-5-10(15-2)9(14)6-7;/h4-6,8,11,13-14H,3,12H2,1-2H3;1H/t8-,11+;/m1./s1. The van der Waals surface area contributed by atoms with Crippen molar-refractivity contribution in [1.29, 1.82) is 0 Å². The van der Waals surface area contributed by atoms with Crippen LogP contribution in [0.3, 0.4) is 0 Å². The van der Waals surface area contributed by atoms with E-state index in [4.69, 9.17) is 10.5 Å². The first-order valence-corrected chi connectivity index (χ1v) is 4.90. The highest BCUT2D eigenvalue weighted by Gasteiger charge is 2.16. The second-order valence-corrected chi connectivity index (χ2v) is 3.43. The van der Waals surface area contributed by atoms with Gasteiger partial charge >= 0.3 is 0 Å². The summed E-state index contributed by atoms with van der Waals surface area (Å²) in [6.45, 7) is 1.86. The van der Waals surface area contributed by atoms with E-state index in [1.54, 1.807) is 12.1 Å². The van der Waals surface area contributed by atoms with Crippen molar-refractivity contribution in [3.63, 3.8) is 0 Å². The van der Waals surface area contributed by atoms with E-state index in [1.807, 2.05) is 6.92 Å². The molecule has 0 amide bonds. The van der Waals surface area contributed by atoms with Gasteiger partial charge in [-0.05, 0) is 24.1 Å². The number of ether oxygens (including phenoxy) is 1. The highest BCUT2D eigenvalue weighted by molar-refractivity contribution is 5.85.